The molecule has 0 heterocycles. The highest BCUT2D eigenvalue weighted by atomic mass is 16.5. The van der Waals surface area contributed by atoms with Gasteiger partial charge < -0.3 is 15.2 Å². The second-order valence-electron chi connectivity index (χ2n) is 7.24. The second-order valence-corrected chi connectivity index (χ2v) is 7.24. The number of alkyl carbamates (subject to hydrolysis) is 1. The number of fused-ring (bicyclic) bond motifs is 1. The van der Waals surface area contributed by atoms with Crippen LogP contribution in [0.3, 0.4) is 0 Å². The first-order valence-corrected chi connectivity index (χ1v) is 8.87. The van der Waals surface area contributed by atoms with Gasteiger partial charge in [-0.3, -0.25) is 0 Å². The smallest absolute Gasteiger partial charge is 0.408 e. The van der Waals surface area contributed by atoms with E-state index in [0.29, 0.717) is 0 Å². The van der Waals surface area contributed by atoms with Gasteiger partial charge in [0.25, 0.3) is 0 Å². The zero-order valence-corrected chi connectivity index (χ0v) is 14.4. The molecule has 2 atom stereocenters. The van der Waals surface area contributed by atoms with Gasteiger partial charge in [0.05, 0.1) is 0 Å². The number of carboxylic acids is 1. The third-order valence-corrected chi connectivity index (χ3v) is 5.57. The molecule has 26 heavy (non-hydrogen) atoms. The number of rotatable bonds is 5. The molecule has 0 bridgehead atoms. The molecular weight excluding hydrogens is 330 g/mol. The minimum Gasteiger partial charge on any atom is -0.480 e. The first-order chi connectivity index (χ1) is 12.6. The first-order valence-electron chi connectivity index (χ1n) is 8.87. The highest BCUT2D eigenvalue weighted by Gasteiger charge is 2.58. The zero-order chi connectivity index (χ0) is 18.1. The molecule has 2 aliphatic rings. The Morgan fingerprint density at radius 3 is 2.50 bits per heavy atom. The predicted octanol–water partition coefficient (Wildman–Crippen LogP) is 3.49. The van der Waals surface area contributed by atoms with Crippen molar-refractivity contribution in [1.29, 1.82) is 0 Å². The quantitative estimate of drug-likeness (QED) is 0.865. The molecule has 5 heteroatoms. The van der Waals surface area contributed by atoms with Crippen LogP contribution in [0.5, 0.6) is 0 Å². The van der Waals surface area contributed by atoms with E-state index in [9.17, 15) is 14.7 Å². The number of ether oxygens (including phenoxy) is 1. The maximum atomic E-state index is 12.2. The summed E-state index contributed by atoms with van der Waals surface area (Å²) in [6.07, 6.45) is 2.19. The van der Waals surface area contributed by atoms with Crippen LogP contribution in [0.4, 0.5) is 4.79 Å². The number of nitrogens with one attached hydrogen (secondary N) is 1. The predicted molar refractivity (Wildman–Crippen MR) is 95.7 cm³/mol. The monoisotopic (exact) mass is 351 g/mol. The van der Waals surface area contributed by atoms with Gasteiger partial charge in [-0.15, -0.1) is 0 Å². The molecule has 2 N–H and O–H groups in total. The van der Waals surface area contributed by atoms with Crippen LogP contribution in [0.2, 0.25) is 0 Å². The molecule has 0 radical (unpaired) electrons. The van der Waals surface area contributed by atoms with Crippen molar-refractivity contribution in [1.82, 2.24) is 5.32 Å². The van der Waals surface area contributed by atoms with Crippen molar-refractivity contribution in [3.63, 3.8) is 0 Å². The topological polar surface area (TPSA) is 75.6 Å². The lowest BCUT2D eigenvalue weighted by Gasteiger charge is -2.27. The van der Waals surface area contributed by atoms with E-state index >= 15 is 0 Å². The Morgan fingerprint density at radius 2 is 1.81 bits per heavy atom. The van der Waals surface area contributed by atoms with Crippen molar-refractivity contribution in [2.75, 3.05) is 0 Å². The SMILES string of the molecule is O=C(N[C@H](C(=O)O)[C@@H]1c2ccccc2CC12CC2)OCc1ccccc1. The Labute approximate surface area is 152 Å². The number of carbonyl (C=O) groups excluding carboxylic acids is 1. The fraction of sp³-hybridized carbons (Fsp3) is 0.333. The van der Waals surface area contributed by atoms with Crippen LogP contribution in [0.15, 0.2) is 54.6 Å². The molecule has 5 nitrogen and oxygen atoms in total. The van der Waals surface area contributed by atoms with Gasteiger partial charge in [-0.05, 0) is 41.4 Å². The average molecular weight is 351 g/mol. The summed E-state index contributed by atoms with van der Waals surface area (Å²) in [6.45, 7) is 0.116. The number of hydrogen-bond acceptors (Lipinski definition) is 3. The molecule has 2 aromatic carbocycles. The summed E-state index contributed by atoms with van der Waals surface area (Å²) in [5, 5.41) is 12.4. The average Bonchev–Trinajstić information content (AvgIpc) is 3.33. The summed E-state index contributed by atoms with van der Waals surface area (Å²) in [5.74, 6) is -1.23. The Kier molecular flexibility index (Phi) is 4.15. The van der Waals surface area contributed by atoms with Crippen LogP contribution in [-0.2, 0) is 22.6 Å². The van der Waals surface area contributed by atoms with E-state index in [2.05, 4.69) is 11.4 Å². The van der Waals surface area contributed by atoms with Crippen LogP contribution in [0.25, 0.3) is 0 Å². The molecule has 0 saturated heterocycles. The standard InChI is InChI=1S/C21H21NO4/c23-19(24)18(22-20(25)26-13-14-6-2-1-3-7-14)17-16-9-5-4-8-15(16)12-21(17)10-11-21/h1-9,17-18H,10-13H2,(H,22,25)(H,23,24)/t17-,18-/m0/s1. The second kappa shape index (κ2) is 6.48. The fourth-order valence-electron chi connectivity index (χ4n) is 4.18. The van der Waals surface area contributed by atoms with Crippen LogP contribution < -0.4 is 5.32 Å². The molecule has 2 aromatic rings. The molecule has 1 spiro atoms. The third-order valence-electron chi connectivity index (χ3n) is 5.57. The Morgan fingerprint density at radius 1 is 1.12 bits per heavy atom. The van der Waals surface area contributed by atoms with Crippen LogP contribution in [0.1, 0.15) is 35.4 Å². The van der Waals surface area contributed by atoms with E-state index < -0.39 is 18.1 Å². The minimum absolute atomic E-state index is 0.0283. The maximum absolute atomic E-state index is 12.2. The van der Waals surface area contributed by atoms with Gasteiger partial charge in [0.1, 0.15) is 12.6 Å². The van der Waals surface area contributed by atoms with Crippen LogP contribution >= 0.6 is 0 Å². The van der Waals surface area contributed by atoms with E-state index in [4.69, 9.17) is 4.74 Å². The van der Waals surface area contributed by atoms with Crippen LogP contribution in [0, 0.1) is 5.41 Å². The Bertz CT molecular complexity index is 829. The summed E-state index contributed by atoms with van der Waals surface area (Å²) >= 11 is 0. The van der Waals surface area contributed by atoms with E-state index in [-0.39, 0.29) is 17.9 Å². The number of benzene rings is 2. The molecule has 2 aliphatic carbocycles. The molecule has 1 saturated carbocycles. The molecule has 1 fully saturated rings. The number of aliphatic carboxylic acids is 1. The number of amides is 1. The molecule has 4 rings (SSSR count). The highest BCUT2D eigenvalue weighted by molar-refractivity contribution is 5.81. The van der Waals surface area contributed by atoms with E-state index in [1.165, 1.54) is 5.56 Å². The third kappa shape index (κ3) is 3.05. The van der Waals surface area contributed by atoms with Gasteiger partial charge in [-0.25, -0.2) is 9.59 Å². The summed E-state index contributed by atoms with van der Waals surface area (Å²) in [7, 11) is 0. The van der Waals surface area contributed by atoms with Crippen molar-refractivity contribution in [2.24, 2.45) is 5.41 Å². The van der Waals surface area contributed by atoms with Crippen molar-refractivity contribution >= 4 is 12.1 Å². The summed E-state index contributed by atoms with van der Waals surface area (Å²) in [5.41, 5.74) is 3.07. The highest BCUT2D eigenvalue weighted by Crippen LogP contribution is 2.64. The molecule has 134 valence electrons. The Hall–Kier alpha value is -2.82. The molecular formula is C21H21NO4. The molecule has 0 aliphatic heterocycles. The number of carbonyl (C=O) groups is 2. The Balaban J connectivity index is 1.49. The minimum atomic E-state index is -1.02. The largest absolute Gasteiger partial charge is 0.480 e. The lowest BCUT2D eigenvalue weighted by Crippen LogP contribution is -2.46. The summed E-state index contributed by atoms with van der Waals surface area (Å²) in [4.78, 5) is 24.2. The van der Waals surface area contributed by atoms with Crippen molar-refractivity contribution in [3.05, 3.63) is 71.3 Å². The van der Waals surface area contributed by atoms with Gasteiger partial charge >= 0.3 is 12.1 Å². The van der Waals surface area contributed by atoms with E-state index in [1.54, 1.807) is 0 Å². The zero-order valence-electron chi connectivity index (χ0n) is 14.4. The number of carboxylic acid groups (broad SMARTS) is 1. The number of hydrogen-bond donors (Lipinski definition) is 2. The van der Waals surface area contributed by atoms with Gasteiger partial charge in [0, 0.05) is 5.92 Å². The maximum Gasteiger partial charge on any atom is 0.408 e. The van der Waals surface area contributed by atoms with Crippen molar-refractivity contribution in [2.45, 2.75) is 37.8 Å². The fourth-order valence-corrected chi connectivity index (χ4v) is 4.18. The first kappa shape index (κ1) is 16.6. The lowest BCUT2D eigenvalue weighted by atomic mass is 9.83. The molecule has 0 unspecified atom stereocenters. The molecule has 1 amide bonds. The van der Waals surface area contributed by atoms with Crippen molar-refractivity contribution in [3.8, 4) is 0 Å². The van der Waals surface area contributed by atoms with Gasteiger partial charge in [0.15, 0.2) is 0 Å². The van der Waals surface area contributed by atoms with Crippen LogP contribution in [-0.4, -0.2) is 23.2 Å². The van der Waals surface area contributed by atoms with Crippen molar-refractivity contribution < 1.29 is 19.4 Å². The van der Waals surface area contributed by atoms with E-state index in [1.807, 2.05) is 48.5 Å². The van der Waals surface area contributed by atoms with Gasteiger partial charge in [-0.1, -0.05) is 54.6 Å². The van der Waals surface area contributed by atoms with E-state index in [0.717, 1.165) is 30.4 Å². The van der Waals surface area contributed by atoms with Gasteiger partial charge in [0.2, 0.25) is 0 Å². The normalized spacial score (nSPS) is 20.2. The summed E-state index contributed by atoms with van der Waals surface area (Å²) in [6, 6.07) is 16.3. The molecule has 0 aromatic heterocycles. The van der Waals surface area contributed by atoms with Gasteiger partial charge in [-0.2, -0.15) is 0 Å². The summed E-state index contributed by atoms with van der Waals surface area (Å²) < 4.78 is 5.23. The lowest BCUT2D eigenvalue weighted by molar-refractivity contribution is -0.140.